The highest BCUT2D eigenvalue weighted by Gasteiger charge is 2.07. The zero-order valence-corrected chi connectivity index (χ0v) is 6.40. The first-order valence-electron chi connectivity index (χ1n) is 3.26. The van der Waals surface area contributed by atoms with E-state index >= 15 is 0 Å². The highest BCUT2D eigenvalue weighted by atomic mass is 32.2. The first kappa shape index (κ1) is 6.13. The second kappa shape index (κ2) is 2.22. The van der Waals surface area contributed by atoms with Crippen LogP contribution in [0.15, 0.2) is 29.2 Å². The molecule has 1 aliphatic rings. The van der Waals surface area contributed by atoms with Crippen molar-refractivity contribution in [2.75, 3.05) is 0 Å². The molecule has 1 unspecified atom stereocenters. The second-order valence-electron chi connectivity index (χ2n) is 2.35. The van der Waals surface area contributed by atoms with Gasteiger partial charge in [-0.05, 0) is 23.4 Å². The molecule has 1 heterocycles. The lowest BCUT2D eigenvalue weighted by Crippen LogP contribution is -1.83. The monoisotopic (exact) mass is 151 g/mol. The van der Waals surface area contributed by atoms with E-state index in [9.17, 15) is 0 Å². The Labute approximate surface area is 62.9 Å². The van der Waals surface area contributed by atoms with Crippen molar-refractivity contribution in [2.24, 2.45) is 5.14 Å². The van der Waals surface area contributed by atoms with Gasteiger partial charge in [-0.3, -0.25) is 5.14 Å². The van der Waals surface area contributed by atoms with Crippen molar-refractivity contribution in [3.63, 3.8) is 0 Å². The van der Waals surface area contributed by atoms with Crippen molar-refractivity contribution >= 4 is 16.0 Å². The molecule has 52 valence electrons. The molecule has 1 atom stereocenters. The number of hydrogen-bond acceptors (Lipinski definition) is 1. The average Bonchev–Trinajstić information content (AvgIpc) is 2.34. The summed E-state index contributed by atoms with van der Waals surface area (Å²) in [6, 6.07) is 8.37. The quantitative estimate of drug-likeness (QED) is 0.559. The van der Waals surface area contributed by atoms with E-state index in [1.54, 1.807) is 0 Å². The van der Waals surface area contributed by atoms with Crippen LogP contribution in [0.4, 0.5) is 0 Å². The fourth-order valence-electron chi connectivity index (χ4n) is 1.17. The highest BCUT2D eigenvalue weighted by molar-refractivity contribution is 8.13. The van der Waals surface area contributed by atoms with Crippen LogP contribution < -0.4 is 5.14 Å². The van der Waals surface area contributed by atoms with Gasteiger partial charge in [-0.2, -0.15) is 0 Å². The predicted octanol–water partition coefficient (Wildman–Crippen LogP) is 1.55. The smallest absolute Gasteiger partial charge is 0.0188 e. The molecular weight excluding hydrogens is 142 g/mol. The Bertz CT molecular complexity index is 291. The van der Waals surface area contributed by atoms with Crippen molar-refractivity contribution in [3.05, 3.63) is 29.8 Å². The molecule has 1 nitrogen and oxygen atoms in total. The molecule has 2 rings (SSSR count). The predicted molar refractivity (Wildman–Crippen MR) is 46.3 cm³/mol. The van der Waals surface area contributed by atoms with Gasteiger partial charge < -0.3 is 0 Å². The molecule has 0 radical (unpaired) electrons. The van der Waals surface area contributed by atoms with Gasteiger partial charge in [-0.1, -0.05) is 28.9 Å². The number of hydrogen-bond donors (Lipinski definition) is 1. The standard InChI is InChI=1S/C8H9NS/c9-10-6-5-7-3-1-2-4-8(7)10/h1-4,6H,5,9H2. The van der Waals surface area contributed by atoms with Crippen LogP contribution >= 0.6 is 10.7 Å². The molecule has 1 aliphatic heterocycles. The van der Waals surface area contributed by atoms with Crippen LogP contribution in [0.1, 0.15) is 5.56 Å². The number of rotatable bonds is 0. The first-order chi connectivity index (χ1) is 4.88. The topological polar surface area (TPSA) is 26.0 Å². The maximum absolute atomic E-state index is 5.82. The molecular formula is C8H9NS. The Morgan fingerprint density at radius 2 is 2.10 bits per heavy atom. The Morgan fingerprint density at radius 1 is 1.30 bits per heavy atom. The number of benzene rings is 1. The molecule has 0 bridgehead atoms. The molecule has 0 aromatic heterocycles. The Morgan fingerprint density at radius 3 is 2.90 bits per heavy atom. The third-order valence-corrected chi connectivity index (χ3v) is 3.14. The summed E-state index contributed by atoms with van der Waals surface area (Å²) in [7, 11) is -0.0728. The van der Waals surface area contributed by atoms with Gasteiger partial charge in [0.15, 0.2) is 0 Å². The minimum absolute atomic E-state index is 0.0728. The Hall–Kier alpha value is -0.600. The molecule has 0 amide bonds. The summed E-state index contributed by atoms with van der Waals surface area (Å²) in [5.41, 5.74) is 1.40. The van der Waals surface area contributed by atoms with Crippen molar-refractivity contribution in [2.45, 2.75) is 11.3 Å². The number of fused-ring (bicyclic) bond motifs is 1. The molecule has 0 aliphatic carbocycles. The van der Waals surface area contributed by atoms with Gasteiger partial charge in [0.05, 0.1) is 0 Å². The van der Waals surface area contributed by atoms with Crippen LogP contribution in [0.5, 0.6) is 0 Å². The Kier molecular flexibility index (Phi) is 1.36. The van der Waals surface area contributed by atoms with Crippen molar-refractivity contribution < 1.29 is 0 Å². The van der Waals surface area contributed by atoms with Gasteiger partial charge in [0.25, 0.3) is 0 Å². The first-order valence-corrected chi connectivity index (χ1v) is 4.62. The van der Waals surface area contributed by atoms with Gasteiger partial charge in [-0.25, -0.2) is 0 Å². The lowest BCUT2D eigenvalue weighted by atomic mass is 10.2. The Balaban J connectivity index is 2.61. The van der Waals surface area contributed by atoms with Gasteiger partial charge in [0.2, 0.25) is 0 Å². The maximum atomic E-state index is 5.82. The van der Waals surface area contributed by atoms with Crippen LogP contribution in [0, 0.1) is 0 Å². The van der Waals surface area contributed by atoms with E-state index in [2.05, 4.69) is 23.6 Å². The molecule has 1 aromatic rings. The van der Waals surface area contributed by atoms with E-state index in [-0.39, 0.29) is 10.7 Å². The van der Waals surface area contributed by atoms with E-state index in [1.807, 2.05) is 6.07 Å². The van der Waals surface area contributed by atoms with E-state index in [0.717, 1.165) is 6.42 Å². The van der Waals surface area contributed by atoms with Crippen LogP contribution in [0.3, 0.4) is 0 Å². The fourth-order valence-corrected chi connectivity index (χ4v) is 2.40. The molecule has 0 spiro atoms. The lowest BCUT2D eigenvalue weighted by Gasteiger charge is -1.98. The summed E-state index contributed by atoms with van der Waals surface area (Å²) < 4.78 is 0. The molecule has 0 saturated carbocycles. The minimum Gasteiger partial charge on any atom is -0.280 e. The van der Waals surface area contributed by atoms with E-state index in [0.29, 0.717) is 0 Å². The van der Waals surface area contributed by atoms with Crippen LogP contribution in [-0.4, -0.2) is 5.37 Å². The summed E-state index contributed by atoms with van der Waals surface area (Å²) in [5, 5.41) is 7.99. The van der Waals surface area contributed by atoms with Crippen LogP contribution in [-0.2, 0) is 6.42 Å². The minimum atomic E-state index is -0.0728. The summed E-state index contributed by atoms with van der Waals surface area (Å²) in [6.45, 7) is 0. The highest BCUT2D eigenvalue weighted by Crippen LogP contribution is 2.28. The van der Waals surface area contributed by atoms with E-state index in [1.165, 1.54) is 10.5 Å². The second-order valence-corrected chi connectivity index (χ2v) is 3.87. The third kappa shape index (κ3) is 0.805. The normalized spacial score (nSPS) is 21.9. The van der Waals surface area contributed by atoms with Gasteiger partial charge in [-0.15, -0.1) is 0 Å². The SMILES string of the molecule is NS1=CCc2ccccc21. The van der Waals surface area contributed by atoms with Gasteiger partial charge in [0.1, 0.15) is 0 Å². The van der Waals surface area contributed by atoms with Crippen LogP contribution in [0.25, 0.3) is 0 Å². The van der Waals surface area contributed by atoms with Gasteiger partial charge in [0, 0.05) is 4.90 Å². The fraction of sp³-hybridized carbons (Fsp3) is 0.125. The molecule has 1 aromatic carbocycles. The summed E-state index contributed by atoms with van der Waals surface area (Å²) >= 11 is 0. The molecule has 0 fully saturated rings. The summed E-state index contributed by atoms with van der Waals surface area (Å²) in [4.78, 5) is 1.32. The zero-order valence-electron chi connectivity index (χ0n) is 5.58. The van der Waals surface area contributed by atoms with Gasteiger partial charge >= 0.3 is 0 Å². The van der Waals surface area contributed by atoms with Crippen molar-refractivity contribution in [1.29, 1.82) is 0 Å². The third-order valence-electron chi connectivity index (χ3n) is 1.71. The number of nitrogens with two attached hydrogens (primary N) is 1. The summed E-state index contributed by atoms with van der Waals surface area (Å²) in [5.74, 6) is 0. The molecule has 2 N–H and O–H groups in total. The van der Waals surface area contributed by atoms with Crippen molar-refractivity contribution in [1.82, 2.24) is 0 Å². The maximum Gasteiger partial charge on any atom is 0.0188 e. The largest absolute Gasteiger partial charge is 0.280 e. The lowest BCUT2D eigenvalue weighted by molar-refractivity contribution is 1.26. The molecule has 2 heteroatoms. The van der Waals surface area contributed by atoms with Crippen LogP contribution in [0.2, 0.25) is 0 Å². The van der Waals surface area contributed by atoms with Crippen molar-refractivity contribution in [3.8, 4) is 0 Å². The van der Waals surface area contributed by atoms with E-state index in [4.69, 9.17) is 5.14 Å². The molecule has 0 saturated heterocycles. The van der Waals surface area contributed by atoms with E-state index < -0.39 is 0 Å². The molecule has 10 heavy (non-hydrogen) atoms. The average molecular weight is 151 g/mol. The zero-order chi connectivity index (χ0) is 6.97. The summed E-state index contributed by atoms with van der Waals surface area (Å²) in [6.07, 6.45) is 1.05.